The summed E-state index contributed by atoms with van der Waals surface area (Å²) in [5.74, 6) is -0.564. The molecule has 0 N–H and O–H groups in total. The zero-order valence-corrected chi connectivity index (χ0v) is 39.2. The molecule has 342 valence electrons. The Balaban J connectivity index is 4.43. The van der Waals surface area contributed by atoms with Gasteiger partial charge < -0.3 is 14.2 Å². The molecule has 0 amide bonds. The lowest BCUT2D eigenvalue weighted by Crippen LogP contribution is -2.30. The van der Waals surface area contributed by atoms with Crippen LogP contribution in [0.15, 0.2) is 97.2 Å². The lowest BCUT2D eigenvalue weighted by molar-refractivity contribution is -0.162. The summed E-state index contributed by atoms with van der Waals surface area (Å²) in [7, 11) is 0. The van der Waals surface area contributed by atoms with Gasteiger partial charge in [-0.15, -0.1) is 0 Å². The van der Waals surface area contributed by atoms with Gasteiger partial charge in [-0.05, 0) is 77.0 Å². The van der Waals surface area contributed by atoms with E-state index in [4.69, 9.17) is 14.2 Å². The van der Waals surface area contributed by atoms with Crippen LogP contribution in [0, 0.1) is 0 Å². The van der Waals surface area contributed by atoms with Crippen molar-refractivity contribution < 1.29 is 23.8 Å². The Morgan fingerprint density at radius 1 is 0.400 bits per heavy atom. The first-order valence-corrected chi connectivity index (χ1v) is 24.8. The highest BCUT2D eigenvalue weighted by Gasteiger charge is 2.17. The van der Waals surface area contributed by atoms with Crippen LogP contribution in [-0.4, -0.2) is 37.9 Å². The first kappa shape index (κ1) is 56.8. The van der Waals surface area contributed by atoms with Crippen LogP contribution in [-0.2, 0) is 23.8 Å². The molecule has 0 aliphatic rings. The van der Waals surface area contributed by atoms with Crippen molar-refractivity contribution in [2.75, 3.05) is 19.8 Å². The molecule has 1 atom stereocenters. The summed E-state index contributed by atoms with van der Waals surface area (Å²) < 4.78 is 17.3. The van der Waals surface area contributed by atoms with E-state index in [0.29, 0.717) is 13.0 Å². The summed E-state index contributed by atoms with van der Waals surface area (Å²) in [6, 6.07) is 0. The quantitative estimate of drug-likeness (QED) is 0.0348. The highest BCUT2D eigenvalue weighted by atomic mass is 16.6. The second-order valence-electron chi connectivity index (χ2n) is 16.0. The number of hydrogen-bond donors (Lipinski definition) is 0. The minimum Gasteiger partial charge on any atom is -0.461 e. The van der Waals surface area contributed by atoms with Gasteiger partial charge >= 0.3 is 11.9 Å². The van der Waals surface area contributed by atoms with Crippen molar-refractivity contribution >= 4 is 11.9 Å². The van der Waals surface area contributed by atoms with Gasteiger partial charge in [0.15, 0.2) is 6.10 Å². The fourth-order valence-electron chi connectivity index (χ4n) is 6.54. The molecular weight excluding hydrogens is 741 g/mol. The molecule has 5 nitrogen and oxygen atoms in total. The monoisotopic (exact) mass is 833 g/mol. The molecule has 0 aromatic heterocycles. The zero-order valence-electron chi connectivity index (χ0n) is 39.2. The number of esters is 2. The van der Waals surface area contributed by atoms with E-state index in [2.05, 4.69) is 106 Å². The maximum Gasteiger partial charge on any atom is 0.309 e. The van der Waals surface area contributed by atoms with Gasteiger partial charge in [0.25, 0.3) is 0 Å². The number of carbonyl (C=O) groups excluding carboxylic acids is 2. The molecule has 0 radical (unpaired) electrons. The van der Waals surface area contributed by atoms with Gasteiger partial charge in [-0.1, -0.05) is 221 Å². The highest BCUT2D eigenvalue weighted by Crippen LogP contribution is 2.14. The smallest absolute Gasteiger partial charge is 0.309 e. The van der Waals surface area contributed by atoms with Gasteiger partial charge in [0, 0.05) is 13.0 Å². The lowest BCUT2D eigenvalue weighted by Gasteiger charge is -2.18. The van der Waals surface area contributed by atoms with Gasteiger partial charge in [-0.3, -0.25) is 9.59 Å². The van der Waals surface area contributed by atoms with Crippen LogP contribution < -0.4 is 0 Å². The Bertz CT molecular complexity index is 1170. The molecule has 0 aliphatic heterocycles. The predicted molar refractivity (Wildman–Crippen MR) is 260 cm³/mol. The molecule has 5 heteroatoms. The predicted octanol–water partition coefficient (Wildman–Crippen LogP) is 16.7. The van der Waals surface area contributed by atoms with Crippen molar-refractivity contribution in [2.24, 2.45) is 0 Å². The van der Waals surface area contributed by atoms with Crippen LogP contribution >= 0.6 is 0 Å². The van der Waals surface area contributed by atoms with Crippen LogP contribution in [0.3, 0.4) is 0 Å². The number of unbranched alkanes of at least 4 members (excludes halogenated alkanes) is 18. The topological polar surface area (TPSA) is 61.8 Å². The van der Waals surface area contributed by atoms with Crippen LogP contribution in [0.2, 0.25) is 0 Å². The number of hydrogen-bond acceptors (Lipinski definition) is 5. The number of ether oxygens (including phenoxy) is 3. The van der Waals surface area contributed by atoms with Crippen molar-refractivity contribution in [2.45, 2.75) is 219 Å². The van der Waals surface area contributed by atoms with E-state index in [-0.39, 0.29) is 31.6 Å². The third-order valence-corrected chi connectivity index (χ3v) is 10.1. The average Bonchev–Trinajstić information content (AvgIpc) is 3.25. The molecule has 0 aliphatic carbocycles. The number of allylic oxidation sites excluding steroid dienone is 15. The van der Waals surface area contributed by atoms with Crippen LogP contribution in [0.1, 0.15) is 213 Å². The SMILES string of the molecule is CC/C=C\C/C=C\C/C=C\C/C=C\C/C=C\CC(=O)OCC(COCCCCCCCCCCCCCCCC)OC(=O)CCCCCCC/C=C\C/C=C\C/C=C\CC. The van der Waals surface area contributed by atoms with Gasteiger partial charge in [-0.2, -0.15) is 0 Å². The molecule has 0 saturated heterocycles. The fraction of sp³-hybridized carbons (Fsp3) is 0.673. The van der Waals surface area contributed by atoms with E-state index in [0.717, 1.165) is 89.9 Å². The van der Waals surface area contributed by atoms with Crippen molar-refractivity contribution in [3.05, 3.63) is 97.2 Å². The molecule has 0 heterocycles. The molecule has 0 spiro atoms. The highest BCUT2D eigenvalue weighted by molar-refractivity contribution is 5.71. The summed E-state index contributed by atoms with van der Waals surface area (Å²) in [4.78, 5) is 25.3. The van der Waals surface area contributed by atoms with E-state index in [1.165, 1.54) is 89.9 Å². The normalized spacial score (nSPS) is 13.1. The Kier molecular flexibility index (Phi) is 47.5. The summed E-state index contributed by atoms with van der Waals surface area (Å²) >= 11 is 0. The number of rotatable bonds is 44. The van der Waals surface area contributed by atoms with Crippen molar-refractivity contribution in [3.63, 3.8) is 0 Å². The van der Waals surface area contributed by atoms with E-state index < -0.39 is 6.10 Å². The minimum absolute atomic E-state index is 0.0211. The van der Waals surface area contributed by atoms with E-state index >= 15 is 0 Å². The minimum atomic E-state index is -0.587. The van der Waals surface area contributed by atoms with Gasteiger partial charge in [0.2, 0.25) is 0 Å². The zero-order chi connectivity index (χ0) is 43.5. The third kappa shape index (κ3) is 47.5. The molecule has 0 aromatic rings. The molecule has 0 bridgehead atoms. The molecule has 0 aromatic carbocycles. The maximum absolute atomic E-state index is 12.8. The second kappa shape index (κ2) is 50.2. The first-order chi connectivity index (χ1) is 29.6. The van der Waals surface area contributed by atoms with Gasteiger partial charge in [0.05, 0.1) is 13.0 Å². The van der Waals surface area contributed by atoms with Crippen LogP contribution in [0.25, 0.3) is 0 Å². The summed E-state index contributed by atoms with van der Waals surface area (Å²) in [6.45, 7) is 7.48. The third-order valence-electron chi connectivity index (χ3n) is 10.1. The fourth-order valence-corrected chi connectivity index (χ4v) is 6.54. The van der Waals surface area contributed by atoms with Crippen LogP contribution in [0.4, 0.5) is 0 Å². The molecule has 60 heavy (non-hydrogen) atoms. The largest absolute Gasteiger partial charge is 0.461 e. The van der Waals surface area contributed by atoms with Gasteiger partial charge in [0.1, 0.15) is 6.61 Å². The Hall–Kier alpha value is -3.18. The lowest BCUT2D eigenvalue weighted by atomic mass is 10.0. The summed E-state index contributed by atoms with van der Waals surface area (Å²) in [5, 5.41) is 0. The molecule has 1 unspecified atom stereocenters. The van der Waals surface area contributed by atoms with Crippen molar-refractivity contribution in [1.82, 2.24) is 0 Å². The molecule has 0 saturated carbocycles. The summed E-state index contributed by atoms with van der Waals surface area (Å²) in [6.07, 6.45) is 67.2. The molecule has 0 rings (SSSR count). The van der Waals surface area contributed by atoms with Crippen molar-refractivity contribution in [1.29, 1.82) is 0 Å². The van der Waals surface area contributed by atoms with Crippen LogP contribution in [0.5, 0.6) is 0 Å². The van der Waals surface area contributed by atoms with E-state index in [1.54, 1.807) is 0 Å². The Labute approximate surface area is 371 Å². The average molecular weight is 833 g/mol. The molecular formula is C55H92O5. The summed E-state index contributed by atoms with van der Waals surface area (Å²) in [5.41, 5.74) is 0. The van der Waals surface area contributed by atoms with Gasteiger partial charge in [-0.25, -0.2) is 0 Å². The maximum atomic E-state index is 12.8. The van der Waals surface area contributed by atoms with E-state index in [9.17, 15) is 9.59 Å². The first-order valence-electron chi connectivity index (χ1n) is 24.8. The Morgan fingerprint density at radius 2 is 0.800 bits per heavy atom. The molecule has 0 fully saturated rings. The van der Waals surface area contributed by atoms with Crippen molar-refractivity contribution in [3.8, 4) is 0 Å². The number of carbonyl (C=O) groups is 2. The Morgan fingerprint density at radius 3 is 1.28 bits per heavy atom. The standard InChI is InChI=1S/C55H92O5/c1-4-7-10-13-16-19-22-25-28-30-33-36-39-42-45-48-54(56)59-52-53(51-58-50-47-44-41-38-35-32-27-24-21-18-15-12-9-6-3)60-55(57)49-46-43-40-37-34-31-29-26-23-20-17-14-11-8-5-2/h7-8,10-11,16-17,19-20,25-26,28-29,33,36,42,45,53H,4-6,9,12-15,18,21-24,27,30-32,34-35,37-41,43-44,46-52H2,1-3H3/b10-7-,11-8-,19-16-,20-17-,28-25-,29-26-,36-33-,45-42-. The second-order valence-corrected chi connectivity index (χ2v) is 16.0. The van der Waals surface area contributed by atoms with E-state index in [1.807, 2.05) is 12.2 Å².